The van der Waals surface area contributed by atoms with Crippen molar-refractivity contribution in [3.8, 4) is 0 Å². The van der Waals surface area contributed by atoms with Crippen molar-refractivity contribution in [2.75, 3.05) is 18.1 Å². The number of aromatic nitrogens is 2. The SMILES string of the molecule is CCCSCC(Cc1ccn(C)n1)NCC. The molecule has 0 saturated carbocycles. The fourth-order valence-electron chi connectivity index (χ4n) is 1.67. The average molecular weight is 241 g/mol. The minimum atomic E-state index is 0.552. The Morgan fingerprint density at radius 1 is 1.50 bits per heavy atom. The van der Waals surface area contributed by atoms with E-state index in [9.17, 15) is 0 Å². The normalized spacial score (nSPS) is 12.9. The zero-order valence-electron chi connectivity index (χ0n) is 10.6. The molecule has 4 heteroatoms. The van der Waals surface area contributed by atoms with Crippen LogP contribution in [0, 0.1) is 0 Å². The number of rotatable bonds is 8. The first kappa shape index (κ1) is 13.6. The van der Waals surface area contributed by atoms with Crippen LogP contribution < -0.4 is 5.32 Å². The van der Waals surface area contributed by atoms with Crippen molar-refractivity contribution in [1.82, 2.24) is 15.1 Å². The van der Waals surface area contributed by atoms with E-state index < -0.39 is 0 Å². The van der Waals surface area contributed by atoms with Crippen LogP contribution in [-0.2, 0) is 13.5 Å². The highest BCUT2D eigenvalue weighted by Crippen LogP contribution is 2.08. The van der Waals surface area contributed by atoms with E-state index in [-0.39, 0.29) is 0 Å². The highest BCUT2D eigenvalue weighted by atomic mass is 32.2. The van der Waals surface area contributed by atoms with E-state index in [1.165, 1.54) is 23.6 Å². The minimum Gasteiger partial charge on any atom is -0.313 e. The molecule has 0 aliphatic heterocycles. The molecule has 1 unspecified atom stereocenters. The summed E-state index contributed by atoms with van der Waals surface area (Å²) in [6.45, 7) is 5.42. The number of hydrogen-bond donors (Lipinski definition) is 1. The van der Waals surface area contributed by atoms with E-state index >= 15 is 0 Å². The van der Waals surface area contributed by atoms with Gasteiger partial charge in [-0.3, -0.25) is 4.68 Å². The molecule has 3 nitrogen and oxygen atoms in total. The van der Waals surface area contributed by atoms with E-state index in [4.69, 9.17) is 0 Å². The zero-order valence-corrected chi connectivity index (χ0v) is 11.4. The van der Waals surface area contributed by atoms with Crippen LogP contribution in [0.2, 0.25) is 0 Å². The van der Waals surface area contributed by atoms with E-state index in [0.717, 1.165) is 13.0 Å². The summed E-state index contributed by atoms with van der Waals surface area (Å²) in [6.07, 6.45) is 4.30. The van der Waals surface area contributed by atoms with E-state index in [0.29, 0.717) is 6.04 Å². The van der Waals surface area contributed by atoms with Crippen molar-refractivity contribution in [2.24, 2.45) is 7.05 Å². The van der Waals surface area contributed by atoms with Gasteiger partial charge in [0.1, 0.15) is 0 Å². The predicted molar refractivity (Wildman–Crippen MR) is 72.0 cm³/mol. The third kappa shape index (κ3) is 5.03. The summed E-state index contributed by atoms with van der Waals surface area (Å²) in [6, 6.07) is 2.66. The number of hydrogen-bond acceptors (Lipinski definition) is 3. The quantitative estimate of drug-likeness (QED) is 0.707. The molecule has 1 heterocycles. The zero-order chi connectivity index (χ0) is 11.8. The molecular weight excluding hydrogens is 218 g/mol. The van der Waals surface area contributed by atoms with Crippen molar-refractivity contribution in [3.05, 3.63) is 18.0 Å². The van der Waals surface area contributed by atoms with Crippen molar-refractivity contribution in [3.63, 3.8) is 0 Å². The molecule has 0 radical (unpaired) electrons. The van der Waals surface area contributed by atoms with E-state index in [1.807, 2.05) is 29.7 Å². The van der Waals surface area contributed by atoms with Gasteiger partial charge >= 0.3 is 0 Å². The monoisotopic (exact) mass is 241 g/mol. The van der Waals surface area contributed by atoms with Gasteiger partial charge in [0.05, 0.1) is 5.69 Å². The summed E-state index contributed by atoms with van der Waals surface area (Å²) >= 11 is 2.03. The number of likely N-dealkylation sites (N-methyl/N-ethyl adjacent to an activating group) is 1. The van der Waals surface area contributed by atoms with Crippen molar-refractivity contribution >= 4 is 11.8 Å². The molecule has 0 saturated heterocycles. The Morgan fingerprint density at radius 3 is 2.88 bits per heavy atom. The predicted octanol–water partition coefficient (Wildman–Crippen LogP) is 2.08. The Hall–Kier alpha value is -0.480. The van der Waals surface area contributed by atoms with Gasteiger partial charge in [-0.25, -0.2) is 0 Å². The average Bonchev–Trinajstić information content (AvgIpc) is 2.65. The van der Waals surface area contributed by atoms with Crippen LogP contribution >= 0.6 is 11.8 Å². The Balaban J connectivity index is 2.37. The van der Waals surface area contributed by atoms with Gasteiger partial charge in [0.25, 0.3) is 0 Å². The van der Waals surface area contributed by atoms with Gasteiger partial charge in [-0.1, -0.05) is 13.8 Å². The minimum absolute atomic E-state index is 0.552. The molecule has 1 rings (SSSR count). The van der Waals surface area contributed by atoms with Crippen LogP contribution in [0.1, 0.15) is 26.0 Å². The molecule has 0 aliphatic rings. The Morgan fingerprint density at radius 2 is 2.31 bits per heavy atom. The number of nitrogens with zero attached hydrogens (tertiary/aromatic N) is 2. The molecule has 1 aromatic heterocycles. The van der Waals surface area contributed by atoms with Crippen LogP contribution in [0.25, 0.3) is 0 Å². The van der Waals surface area contributed by atoms with Crippen LogP contribution in [0.5, 0.6) is 0 Å². The van der Waals surface area contributed by atoms with Crippen molar-refractivity contribution in [1.29, 1.82) is 0 Å². The van der Waals surface area contributed by atoms with Gasteiger partial charge in [0.2, 0.25) is 0 Å². The van der Waals surface area contributed by atoms with Gasteiger partial charge < -0.3 is 5.32 Å². The van der Waals surface area contributed by atoms with Crippen LogP contribution in [-0.4, -0.2) is 33.9 Å². The molecule has 0 amide bonds. The summed E-state index contributed by atoms with van der Waals surface area (Å²) < 4.78 is 1.87. The second kappa shape index (κ2) is 7.74. The summed E-state index contributed by atoms with van der Waals surface area (Å²) in [4.78, 5) is 0. The third-order valence-electron chi connectivity index (χ3n) is 2.38. The highest BCUT2D eigenvalue weighted by Gasteiger charge is 2.09. The molecular formula is C12H23N3S. The van der Waals surface area contributed by atoms with Crippen LogP contribution in [0.3, 0.4) is 0 Å². The highest BCUT2D eigenvalue weighted by molar-refractivity contribution is 7.99. The molecule has 16 heavy (non-hydrogen) atoms. The second-order valence-electron chi connectivity index (χ2n) is 4.01. The smallest absolute Gasteiger partial charge is 0.0640 e. The molecule has 1 aromatic rings. The lowest BCUT2D eigenvalue weighted by molar-refractivity contribution is 0.561. The van der Waals surface area contributed by atoms with Gasteiger partial charge in [-0.15, -0.1) is 0 Å². The Labute approximate surface area is 103 Å². The molecule has 92 valence electrons. The fraction of sp³-hybridized carbons (Fsp3) is 0.750. The second-order valence-corrected chi connectivity index (χ2v) is 5.16. The summed E-state index contributed by atoms with van der Waals surface area (Å²) in [5.74, 6) is 2.43. The number of aryl methyl sites for hydroxylation is 1. The van der Waals surface area contributed by atoms with Gasteiger partial charge in [0.15, 0.2) is 0 Å². The topological polar surface area (TPSA) is 29.9 Å². The first-order chi connectivity index (χ1) is 7.76. The standard InChI is InChI=1S/C12H23N3S/c1-4-8-16-10-12(13-5-2)9-11-6-7-15(3)14-11/h6-7,12-13H,4-5,8-10H2,1-3H3. The van der Waals surface area contributed by atoms with Crippen LogP contribution in [0.15, 0.2) is 12.3 Å². The van der Waals surface area contributed by atoms with E-state index in [2.05, 4.69) is 30.3 Å². The van der Waals surface area contributed by atoms with Crippen molar-refractivity contribution in [2.45, 2.75) is 32.7 Å². The fourth-order valence-corrected chi connectivity index (χ4v) is 2.65. The molecule has 0 spiro atoms. The van der Waals surface area contributed by atoms with Gasteiger partial charge in [-0.2, -0.15) is 16.9 Å². The Kier molecular flexibility index (Phi) is 6.57. The van der Waals surface area contributed by atoms with Gasteiger partial charge in [-0.05, 0) is 24.8 Å². The summed E-state index contributed by atoms with van der Waals surface area (Å²) in [7, 11) is 1.97. The molecule has 1 atom stereocenters. The molecule has 1 N–H and O–H groups in total. The summed E-state index contributed by atoms with van der Waals surface area (Å²) in [5, 5.41) is 7.96. The molecule has 0 aromatic carbocycles. The summed E-state index contributed by atoms with van der Waals surface area (Å²) in [5.41, 5.74) is 1.19. The largest absolute Gasteiger partial charge is 0.313 e. The number of thioether (sulfide) groups is 1. The first-order valence-electron chi connectivity index (χ1n) is 6.05. The molecule has 0 fully saturated rings. The molecule has 0 bridgehead atoms. The van der Waals surface area contributed by atoms with Gasteiger partial charge in [0, 0.05) is 31.5 Å². The molecule has 0 aliphatic carbocycles. The van der Waals surface area contributed by atoms with Crippen LogP contribution in [0.4, 0.5) is 0 Å². The first-order valence-corrected chi connectivity index (χ1v) is 7.21. The Bertz CT molecular complexity index is 286. The maximum absolute atomic E-state index is 4.43. The maximum atomic E-state index is 4.43. The maximum Gasteiger partial charge on any atom is 0.0640 e. The lowest BCUT2D eigenvalue weighted by Crippen LogP contribution is -2.33. The number of nitrogens with one attached hydrogen (secondary N) is 1. The van der Waals surface area contributed by atoms with E-state index in [1.54, 1.807) is 0 Å². The third-order valence-corrected chi connectivity index (χ3v) is 3.72. The van der Waals surface area contributed by atoms with Crippen molar-refractivity contribution < 1.29 is 0 Å². The lowest BCUT2D eigenvalue weighted by Gasteiger charge is -2.16. The lowest BCUT2D eigenvalue weighted by atomic mass is 10.2.